The van der Waals surface area contributed by atoms with E-state index in [1.807, 2.05) is 0 Å². The van der Waals surface area contributed by atoms with Crippen LogP contribution in [0, 0.1) is 17.8 Å². The molecular formula is C26H49N7O3+2. The number of carbonyl (C=O) groups excluding carboxylic acids is 2. The van der Waals surface area contributed by atoms with Gasteiger partial charge < -0.3 is 21.3 Å². The van der Waals surface area contributed by atoms with E-state index < -0.39 is 0 Å². The van der Waals surface area contributed by atoms with E-state index in [0.29, 0.717) is 24.2 Å². The van der Waals surface area contributed by atoms with Crippen molar-refractivity contribution in [2.45, 2.75) is 102 Å². The molecule has 10 nitrogen and oxygen atoms in total. The lowest BCUT2D eigenvalue weighted by Gasteiger charge is -2.39. The van der Waals surface area contributed by atoms with Gasteiger partial charge in [-0.3, -0.25) is 24.6 Å². The lowest BCUT2D eigenvalue weighted by molar-refractivity contribution is -0.919. The largest absolute Gasteiger partial charge is 0.369 e. The molecular weight excluding hydrogens is 458 g/mol. The summed E-state index contributed by atoms with van der Waals surface area (Å²) in [5, 5.41) is 9.44. The number of likely N-dealkylation sites (tertiary alicyclic amines) is 2. The number of hydrogen-bond acceptors (Lipinski definition) is 6. The second kappa shape index (κ2) is 12.0. The Morgan fingerprint density at radius 3 is 2.61 bits per heavy atom. The van der Waals surface area contributed by atoms with E-state index in [1.165, 1.54) is 45.2 Å². The zero-order valence-corrected chi connectivity index (χ0v) is 22.1. The highest BCUT2D eigenvalue weighted by Crippen LogP contribution is 2.26. The van der Waals surface area contributed by atoms with Crippen molar-refractivity contribution in [1.29, 1.82) is 0 Å². The molecule has 0 bridgehead atoms. The first-order valence-corrected chi connectivity index (χ1v) is 14.6. The topological polar surface area (TPSA) is 130 Å². The Morgan fingerprint density at radius 1 is 1.11 bits per heavy atom. The number of rotatable bonds is 7. The highest BCUT2D eigenvalue weighted by Gasteiger charge is 2.45. The molecule has 36 heavy (non-hydrogen) atoms. The van der Waals surface area contributed by atoms with Gasteiger partial charge in [-0.05, 0) is 38.5 Å². The highest BCUT2D eigenvalue weighted by molar-refractivity contribution is 5.76. The van der Waals surface area contributed by atoms with E-state index in [1.54, 1.807) is 11.8 Å². The summed E-state index contributed by atoms with van der Waals surface area (Å²) in [6, 6.07) is 0.883. The van der Waals surface area contributed by atoms with Gasteiger partial charge in [-0.15, -0.1) is 0 Å². The minimum atomic E-state index is -0.136. The van der Waals surface area contributed by atoms with E-state index in [9.17, 15) is 9.59 Å². The Balaban J connectivity index is 1.08. The van der Waals surface area contributed by atoms with Crippen LogP contribution in [0.1, 0.15) is 71.1 Å². The van der Waals surface area contributed by atoms with Crippen LogP contribution < -0.4 is 32.1 Å². The van der Waals surface area contributed by atoms with Gasteiger partial charge in [0.25, 0.3) is 0 Å². The molecule has 1 saturated carbocycles. The average molecular weight is 508 g/mol. The standard InChI is InChI=1S/C26H47N7O3/c1-17(34)29-21-6-4-18(5-7-21)16-33-12-2-3-22(33)26-30-25(31-36-26)20-8-11-28-23(15-20)32-13-9-19(10-14-32)24(27)35/h18-23,25-26,28,30-31H,2-16H2,1H3,(H2,27,35)(H,29,34)/p+2/t18?,20?,21?,22-,23?,25?,26?/m0/s1. The summed E-state index contributed by atoms with van der Waals surface area (Å²) in [6.07, 6.45) is 12.1. The zero-order chi connectivity index (χ0) is 25.1. The molecule has 0 spiro atoms. The monoisotopic (exact) mass is 507 g/mol. The predicted molar refractivity (Wildman–Crippen MR) is 135 cm³/mol. The van der Waals surface area contributed by atoms with Crippen LogP contribution in [0.4, 0.5) is 0 Å². The second-order valence-electron chi connectivity index (χ2n) is 12.2. The quantitative estimate of drug-likeness (QED) is 0.237. The first-order valence-electron chi connectivity index (χ1n) is 14.6. The lowest BCUT2D eigenvalue weighted by Crippen LogP contribution is -3.15. The number of amides is 2. The Labute approximate surface area is 215 Å². The predicted octanol–water partition coefficient (Wildman–Crippen LogP) is -2.00. The van der Waals surface area contributed by atoms with E-state index in [2.05, 4.69) is 26.3 Å². The van der Waals surface area contributed by atoms with Crippen molar-refractivity contribution in [3.05, 3.63) is 0 Å². The minimum Gasteiger partial charge on any atom is -0.369 e. The maximum absolute atomic E-state index is 11.5. The van der Waals surface area contributed by atoms with Crippen molar-refractivity contribution in [1.82, 2.24) is 21.0 Å². The minimum absolute atomic E-state index is 0.0528. The fourth-order valence-electron chi connectivity index (χ4n) is 7.69. The number of nitrogens with two attached hydrogens (primary N) is 2. The van der Waals surface area contributed by atoms with Crippen LogP contribution >= 0.6 is 0 Å². The van der Waals surface area contributed by atoms with Crippen molar-refractivity contribution in [2.75, 3.05) is 32.7 Å². The number of nitrogens with zero attached hydrogens (tertiary/aromatic N) is 1. The smallest absolute Gasteiger partial charge is 0.220 e. The van der Waals surface area contributed by atoms with Crippen molar-refractivity contribution >= 4 is 11.8 Å². The van der Waals surface area contributed by atoms with E-state index in [4.69, 9.17) is 10.6 Å². The number of hydrogen-bond donors (Lipinski definition) is 6. The SMILES string of the molecule is CC(=O)NC1CCC(C[NH+]2CCC[C@H]2C2NC(C3CC[NH2+]C(N4CCC(C(N)=O)CC4)C3)NO2)CC1. The number of hydroxylamine groups is 1. The van der Waals surface area contributed by atoms with Gasteiger partial charge in [0.2, 0.25) is 11.8 Å². The third-order valence-electron chi connectivity index (χ3n) is 9.77. The van der Waals surface area contributed by atoms with Crippen molar-refractivity contribution in [3.63, 3.8) is 0 Å². The van der Waals surface area contributed by atoms with Gasteiger partial charge in [-0.1, -0.05) is 0 Å². The first kappa shape index (κ1) is 26.3. The van der Waals surface area contributed by atoms with Gasteiger partial charge in [0, 0.05) is 69.5 Å². The summed E-state index contributed by atoms with van der Waals surface area (Å²) >= 11 is 0. The molecule has 4 saturated heterocycles. The molecule has 4 aliphatic heterocycles. The third-order valence-corrected chi connectivity index (χ3v) is 9.77. The maximum Gasteiger partial charge on any atom is 0.220 e. The van der Waals surface area contributed by atoms with Gasteiger partial charge in [0.05, 0.1) is 25.8 Å². The molecule has 4 heterocycles. The molecule has 1 aliphatic carbocycles. The van der Waals surface area contributed by atoms with E-state index >= 15 is 0 Å². The van der Waals surface area contributed by atoms with Gasteiger partial charge >= 0.3 is 0 Å². The van der Waals surface area contributed by atoms with Crippen molar-refractivity contribution in [2.24, 2.45) is 23.5 Å². The maximum atomic E-state index is 11.5. The number of piperidine rings is 2. The fraction of sp³-hybridized carbons (Fsp3) is 0.923. The molecule has 6 atom stereocenters. The Hall–Kier alpha value is -1.30. The molecule has 10 heteroatoms. The molecule has 0 aromatic rings. The number of nitrogens with one attached hydrogen (secondary N) is 4. The van der Waals surface area contributed by atoms with Crippen LogP contribution in [-0.2, 0) is 14.4 Å². The van der Waals surface area contributed by atoms with Gasteiger partial charge in [-0.2, -0.15) is 5.48 Å². The molecule has 5 fully saturated rings. The average Bonchev–Trinajstić information content (AvgIpc) is 3.55. The van der Waals surface area contributed by atoms with E-state index in [-0.39, 0.29) is 30.1 Å². The van der Waals surface area contributed by atoms with Gasteiger partial charge in [0.1, 0.15) is 12.2 Å². The zero-order valence-electron chi connectivity index (χ0n) is 22.1. The normalized spacial score (nSPS) is 40.8. The second-order valence-corrected chi connectivity index (χ2v) is 12.2. The number of quaternary nitrogens is 2. The van der Waals surface area contributed by atoms with Gasteiger partial charge in [-0.25, -0.2) is 0 Å². The van der Waals surface area contributed by atoms with Crippen LogP contribution in [-0.4, -0.2) is 80.1 Å². The summed E-state index contributed by atoms with van der Waals surface area (Å²) < 4.78 is 0. The molecule has 8 N–H and O–H groups in total. The molecule has 204 valence electrons. The fourth-order valence-corrected chi connectivity index (χ4v) is 7.69. The highest BCUT2D eigenvalue weighted by atomic mass is 16.7. The number of carbonyl (C=O) groups is 2. The summed E-state index contributed by atoms with van der Waals surface area (Å²) in [6.45, 7) is 7.17. The molecule has 5 unspecified atom stereocenters. The molecule has 2 amide bonds. The van der Waals surface area contributed by atoms with Crippen LogP contribution in [0.3, 0.4) is 0 Å². The Kier molecular flexibility index (Phi) is 8.80. The van der Waals surface area contributed by atoms with Crippen LogP contribution in [0.5, 0.6) is 0 Å². The third kappa shape index (κ3) is 6.39. The van der Waals surface area contributed by atoms with Gasteiger partial charge in [0.15, 0.2) is 6.23 Å². The summed E-state index contributed by atoms with van der Waals surface area (Å²) in [4.78, 5) is 33.4. The van der Waals surface area contributed by atoms with E-state index in [0.717, 1.165) is 57.7 Å². The molecule has 5 rings (SSSR count). The van der Waals surface area contributed by atoms with Crippen LogP contribution in [0.2, 0.25) is 0 Å². The summed E-state index contributed by atoms with van der Waals surface area (Å²) in [5.41, 5.74) is 8.92. The number of primary amides is 1. The van der Waals surface area contributed by atoms with Crippen molar-refractivity contribution in [3.8, 4) is 0 Å². The first-order chi connectivity index (χ1) is 17.5. The van der Waals surface area contributed by atoms with Crippen LogP contribution in [0.25, 0.3) is 0 Å². The lowest BCUT2D eigenvalue weighted by atomic mass is 9.85. The van der Waals surface area contributed by atoms with Crippen LogP contribution in [0.15, 0.2) is 0 Å². The molecule has 5 aliphatic rings. The summed E-state index contributed by atoms with van der Waals surface area (Å²) in [5.74, 6) is 1.32. The molecule has 0 radical (unpaired) electrons. The Morgan fingerprint density at radius 2 is 1.89 bits per heavy atom. The summed E-state index contributed by atoms with van der Waals surface area (Å²) in [7, 11) is 0. The molecule has 0 aromatic heterocycles. The van der Waals surface area contributed by atoms with Crippen molar-refractivity contribution < 1.29 is 24.6 Å². The Bertz CT molecular complexity index is 754. The molecule has 0 aromatic carbocycles.